The third-order valence-corrected chi connectivity index (χ3v) is 4.67. The Balaban J connectivity index is 1.60. The largest absolute Gasteiger partial charge is 0.366 e. The molecule has 1 aliphatic heterocycles. The van der Waals surface area contributed by atoms with E-state index in [1.54, 1.807) is 30.3 Å². The van der Waals surface area contributed by atoms with Crippen molar-refractivity contribution in [2.75, 3.05) is 36.4 Å². The lowest BCUT2D eigenvalue weighted by atomic mass is 10.2. The number of piperazine rings is 1. The molecule has 3 rings (SSSR count). The van der Waals surface area contributed by atoms with E-state index in [4.69, 9.17) is 35.4 Å². The molecule has 1 heterocycles. The fourth-order valence-electron chi connectivity index (χ4n) is 2.69. The van der Waals surface area contributed by atoms with Crippen LogP contribution in [0.2, 0.25) is 10.0 Å². The molecule has 0 radical (unpaired) electrons. The van der Waals surface area contributed by atoms with E-state index in [0.29, 0.717) is 47.0 Å². The van der Waals surface area contributed by atoms with Gasteiger partial charge in [0.15, 0.2) is 5.11 Å². The number of benzene rings is 2. The first-order valence-electron chi connectivity index (χ1n) is 7.54. The summed E-state index contributed by atoms with van der Waals surface area (Å²) in [5.41, 5.74) is 1.40. The zero-order chi connectivity index (χ0) is 17.1. The van der Waals surface area contributed by atoms with Gasteiger partial charge in [0, 0.05) is 41.9 Å². The average Bonchev–Trinajstić information content (AvgIpc) is 2.54. The van der Waals surface area contributed by atoms with Crippen LogP contribution in [0.1, 0.15) is 0 Å². The molecule has 1 aliphatic rings. The second-order valence-electron chi connectivity index (χ2n) is 5.51. The zero-order valence-corrected chi connectivity index (χ0v) is 15.1. The first-order valence-corrected chi connectivity index (χ1v) is 8.71. The van der Waals surface area contributed by atoms with Gasteiger partial charge in [0.2, 0.25) is 0 Å². The predicted octanol–water partition coefficient (Wildman–Crippen LogP) is 4.65. The van der Waals surface area contributed by atoms with Crippen molar-refractivity contribution >= 4 is 51.9 Å². The minimum Gasteiger partial charge on any atom is -0.366 e. The summed E-state index contributed by atoms with van der Waals surface area (Å²) in [4.78, 5) is 4.09. The summed E-state index contributed by atoms with van der Waals surface area (Å²) in [7, 11) is 0. The van der Waals surface area contributed by atoms with E-state index in [1.807, 2.05) is 11.0 Å². The van der Waals surface area contributed by atoms with Crippen LogP contribution in [0.4, 0.5) is 15.8 Å². The van der Waals surface area contributed by atoms with Crippen molar-refractivity contribution in [1.29, 1.82) is 0 Å². The molecular weight excluding hydrogens is 368 g/mol. The van der Waals surface area contributed by atoms with Crippen LogP contribution in [0.3, 0.4) is 0 Å². The molecule has 7 heteroatoms. The summed E-state index contributed by atoms with van der Waals surface area (Å²) in [5, 5.41) is 4.87. The molecule has 2 aromatic carbocycles. The molecule has 1 N–H and O–H groups in total. The van der Waals surface area contributed by atoms with Crippen LogP contribution in [0, 0.1) is 5.82 Å². The van der Waals surface area contributed by atoms with Crippen molar-refractivity contribution in [3.8, 4) is 0 Å². The number of halogens is 3. The maximum atomic E-state index is 13.9. The molecule has 24 heavy (non-hydrogen) atoms. The van der Waals surface area contributed by atoms with Crippen LogP contribution in [-0.2, 0) is 0 Å². The Kier molecular flexibility index (Phi) is 5.43. The molecule has 0 saturated carbocycles. The maximum Gasteiger partial charge on any atom is 0.173 e. The summed E-state index contributed by atoms with van der Waals surface area (Å²) in [6.45, 7) is 2.85. The van der Waals surface area contributed by atoms with Crippen LogP contribution in [-0.4, -0.2) is 36.2 Å². The van der Waals surface area contributed by atoms with Gasteiger partial charge in [0.25, 0.3) is 0 Å². The highest BCUT2D eigenvalue weighted by Crippen LogP contribution is 2.23. The van der Waals surface area contributed by atoms with Gasteiger partial charge in [0.05, 0.1) is 5.69 Å². The Morgan fingerprint density at radius 1 is 1.00 bits per heavy atom. The van der Waals surface area contributed by atoms with Gasteiger partial charge in [-0.15, -0.1) is 0 Å². The third-order valence-electron chi connectivity index (χ3n) is 3.87. The number of thiocarbonyl (C=S) groups is 1. The molecular formula is C17H16Cl2FN3S. The van der Waals surface area contributed by atoms with Crippen molar-refractivity contribution in [2.24, 2.45) is 0 Å². The van der Waals surface area contributed by atoms with E-state index >= 15 is 0 Å². The van der Waals surface area contributed by atoms with Gasteiger partial charge in [-0.05, 0) is 42.5 Å². The average molecular weight is 384 g/mol. The van der Waals surface area contributed by atoms with Crippen molar-refractivity contribution in [2.45, 2.75) is 0 Å². The lowest BCUT2D eigenvalue weighted by Gasteiger charge is -2.37. The highest BCUT2D eigenvalue weighted by molar-refractivity contribution is 7.80. The minimum atomic E-state index is -0.194. The molecule has 2 aromatic rings. The molecule has 3 nitrogen and oxygen atoms in total. The number of para-hydroxylation sites is 1. The highest BCUT2D eigenvalue weighted by Gasteiger charge is 2.21. The monoisotopic (exact) mass is 383 g/mol. The Bertz CT molecular complexity index is 728. The quantitative estimate of drug-likeness (QED) is 0.760. The van der Waals surface area contributed by atoms with Gasteiger partial charge >= 0.3 is 0 Å². The molecule has 0 bridgehead atoms. The number of hydrogen-bond acceptors (Lipinski definition) is 2. The molecule has 0 unspecified atom stereocenters. The minimum absolute atomic E-state index is 0.194. The topological polar surface area (TPSA) is 18.5 Å². The first-order chi connectivity index (χ1) is 11.5. The van der Waals surface area contributed by atoms with Crippen molar-refractivity contribution in [1.82, 2.24) is 4.90 Å². The third kappa shape index (κ3) is 4.09. The summed E-state index contributed by atoms with van der Waals surface area (Å²) >= 11 is 17.5. The van der Waals surface area contributed by atoms with Crippen LogP contribution >= 0.6 is 35.4 Å². The van der Waals surface area contributed by atoms with Crippen molar-refractivity contribution in [3.05, 3.63) is 58.3 Å². The number of nitrogens with one attached hydrogen (secondary N) is 1. The standard InChI is InChI=1S/C17H16Cl2FN3S/c18-12-9-13(19)11-14(10-12)21-17(24)23-7-5-22(6-8-23)16-4-2-1-3-15(16)20/h1-4,9-11H,5-8H2,(H,21,24). The summed E-state index contributed by atoms with van der Waals surface area (Å²) in [5.74, 6) is -0.194. The Morgan fingerprint density at radius 3 is 2.25 bits per heavy atom. The van der Waals surface area contributed by atoms with Crippen LogP contribution in [0.5, 0.6) is 0 Å². The van der Waals surface area contributed by atoms with Gasteiger partial charge in [0.1, 0.15) is 5.82 Å². The highest BCUT2D eigenvalue weighted by atomic mass is 35.5. The summed E-state index contributed by atoms with van der Waals surface area (Å²) in [6, 6.07) is 12.0. The Hall–Kier alpha value is -1.56. The van der Waals surface area contributed by atoms with Gasteiger partial charge < -0.3 is 15.1 Å². The van der Waals surface area contributed by atoms with E-state index in [2.05, 4.69) is 10.2 Å². The van der Waals surface area contributed by atoms with E-state index < -0.39 is 0 Å². The number of rotatable bonds is 2. The number of anilines is 2. The predicted molar refractivity (Wildman–Crippen MR) is 103 cm³/mol. The molecule has 1 fully saturated rings. The van der Waals surface area contributed by atoms with E-state index in [0.717, 1.165) is 5.69 Å². The maximum absolute atomic E-state index is 13.9. The fraction of sp³-hybridized carbons (Fsp3) is 0.235. The van der Waals surface area contributed by atoms with Gasteiger partial charge in [-0.1, -0.05) is 35.3 Å². The number of hydrogen-bond donors (Lipinski definition) is 1. The van der Waals surface area contributed by atoms with E-state index in [-0.39, 0.29) is 5.82 Å². The molecule has 0 spiro atoms. The molecule has 0 amide bonds. The lowest BCUT2D eigenvalue weighted by Crippen LogP contribution is -2.50. The van der Waals surface area contributed by atoms with Gasteiger partial charge in [-0.2, -0.15) is 0 Å². The molecule has 0 atom stereocenters. The molecule has 126 valence electrons. The van der Waals surface area contributed by atoms with Crippen molar-refractivity contribution < 1.29 is 4.39 Å². The SMILES string of the molecule is Fc1ccccc1N1CCN(C(=S)Nc2cc(Cl)cc(Cl)c2)CC1. The van der Waals surface area contributed by atoms with E-state index in [9.17, 15) is 4.39 Å². The van der Waals surface area contributed by atoms with E-state index in [1.165, 1.54) is 6.07 Å². The summed E-state index contributed by atoms with van der Waals surface area (Å²) in [6.07, 6.45) is 0. The zero-order valence-electron chi connectivity index (χ0n) is 12.8. The smallest absolute Gasteiger partial charge is 0.173 e. The van der Waals surface area contributed by atoms with Crippen LogP contribution in [0.15, 0.2) is 42.5 Å². The second-order valence-corrected chi connectivity index (χ2v) is 6.77. The van der Waals surface area contributed by atoms with Gasteiger partial charge in [-0.25, -0.2) is 4.39 Å². The summed E-state index contributed by atoms with van der Waals surface area (Å²) < 4.78 is 13.9. The molecule has 0 aromatic heterocycles. The number of nitrogens with zero attached hydrogens (tertiary/aromatic N) is 2. The fourth-order valence-corrected chi connectivity index (χ4v) is 3.51. The second kappa shape index (κ2) is 7.55. The normalized spacial score (nSPS) is 14.6. The van der Waals surface area contributed by atoms with Gasteiger partial charge in [-0.3, -0.25) is 0 Å². The Labute approximate surface area is 156 Å². The Morgan fingerprint density at radius 2 is 1.62 bits per heavy atom. The molecule has 0 aliphatic carbocycles. The lowest BCUT2D eigenvalue weighted by molar-refractivity contribution is 0.388. The first kappa shape index (κ1) is 17.3. The van der Waals surface area contributed by atoms with Crippen molar-refractivity contribution in [3.63, 3.8) is 0 Å². The molecule has 1 saturated heterocycles. The van der Waals surface area contributed by atoms with Crippen LogP contribution < -0.4 is 10.2 Å². The van der Waals surface area contributed by atoms with Crippen LogP contribution in [0.25, 0.3) is 0 Å².